The van der Waals surface area contributed by atoms with Crippen LogP contribution in [-0.4, -0.2) is 24.4 Å². The molecule has 0 atom stereocenters. The molecule has 1 amide bonds. The van der Waals surface area contributed by atoms with Crippen LogP contribution >= 0.6 is 0 Å². The second-order valence-corrected chi connectivity index (χ2v) is 7.82. The van der Waals surface area contributed by atoms with Crippen molar-refractivity contribution in [2.24, 2.45) is 0 Å². The number of carbonyl (C=O) groups is 1. The van der Waals surface area contributed by atoms with Gasteiger partial charge in [-0.25, -0.2) is 0 Å². The van der Waals surface area contributed by atoms with Crippen molar-refractivity contribution in [3.8, 4) is 0 Å². The summed E-state index contributed by atoms with van der Waals surface area (Å²) in [4.78, 5) is 14.6. The summed E-state index contributed by atoms with van der Waals surface area (Å²) in [5, 5.41) is 0. The molecular formula is C27H27NO. The molecule has 0 heterocycles. The van der Waals surface area contributed by atoms with Gasteiger partial charge in [-0.05, 0) is 66.1 Å². The Labute approximate surface area is 173 Å². The molecule has 2 heteroatoms. The van der Waals surface area contributed by atoms with Gasteiger partial charge in [-0.3, -0.25) is 4.79 Å². The summed E-state index contributed by atoms with van der Waals surface area (Å²) >= 11 is 0. The van der Waals surface area contributed by atoms with Gasteiger partial charge in [0.15, 0.2) is 0 Å². The zero-order valence-electron chi connectivity index (χ0n) is 17.2. The molecule has 0 saturated carbocycles. The number of hydrogen-bond donors (Lipinski definition) is 0. The molecule has 0 spiro atoms. The number of carbonyl (C=O) groups excluding carboxylic acids is 1. The first kappa shape index (κ1) is 19.2. The van der Waals surface area contributed by atoms with Gasteiger partial charge in [0.2, 0.25) is 0 Å². The molecule has 3 aromatic carbocycles. The molecule has 4 rings (SSSR count). The van der Waals surface area contributed by atoms with Crippen molar-refractivity contribution in [3.63, 3.8) is 0 Å². The van der Waals surface area contributed by atoms with Crippen LogP contribution in [0.3, 0.4) is 0 Å². The Morgan fingerprint density at radius 2 is 1.52 bits per heavy atom. The summed E-state index contributed by atoms with van der Waals surface area (Å²) < 4.78 is 0. The predicted molar refractivity (Wildman–Crippen MR) is 120 cm³/mol. The maximum atomic E-state index is 12.7. The van der Waals surface area contributed by atoms with Gasteiger partial charge in [-0.1, -0.05) is 72.3 Å². The molecule has 29 heavy (non-hydrogen) atoms. The molecule has 1 aliphatic rings. The fourth-order valence-corrected chi connectivity index (χ4v) is 4.14. The van der Waals surface area contributed by atoms with Gasteiger partial charge in [0, 0.05) is 19.2 Å². The fourth-order valence-electron chi connectivity index (χ4n) is 4.14. The van der Waals surface area contributed by atoms with E-state index >= 15 is 0 Å². The summed E-state index contributed by atoms with van der Waals surface area (Å²) in [6.45, 7) is 2.71. The third kappa shape index (κ3) is 4.17. The molecule has 0 unspecified atom stereocenters. The van der Waals surface area contributed by atoms with Gasteiger partial charge in [0.25, 0.3) is 5.91 Å². The zero-order chi connectivity index (χ0) is 20.2. The van der Waals surface area contributed by atoms with Crippen molar-refractivity contribution in [2.45, 2.75) is 26.2 Å². The molecule has 0 N–H and O–H groups in total. The largest absolute Gasteiger partial charge is 0.341 e. The van der Waals surface area contributed by atoms with E-state index < -0.39 is 0 Å². The smallest absolute Gasteiger partial charge is 0.253 e. The molecule has 2 nitrogen and oxygen atoms in total. The van der Waals surface area contributed by atoms with Crippen LogP contribution in [0.1, 0.15) is 44.6 Å². The SMILES string of the molecule is Cc1cccc(C(=O)N(C)CCC=C2c3ccccc3CCc3ccccc32)c1. The number of nitrogens with zero attached hydrogens (tertiary/aromatic N) is 1. The number of benzene rings is 3. The highest BCUT2D eigenvalue weighted by molar-refractivity contribution is 5.94. The van der Waals surface area contributed by atoms with E-state index in [9.17, 15) is 4.79 Å². The molecule has 3 aromatic rings. The first-order valence-electron chi connectivity index (χ1n) is 10.3. The van der Waals surface area contributed by atoms with Gasteiger partial charge >= 0.3 is 0 Å². The molecule has 0 aromatic heterocycles. The summed E-state index contributed by atoms with van der Waals surface area (Å²) in [6.07, 6.45) is 5.27. The first-order valence-corrected chi connectivity index (χ1v) is 10.3. The van der Waals surface area contributed by atoms with Crippen LogP contribution in [0.4, 0.5) is 0 Å². The summed E-state index contributed by atoms with van der Waals surface area (Å²) in [5.74, 6) is 0.0776. The van der Waals surface area contributed by atoms with E-state index in [0.717, 1.165) is 30.4 Å². The molecule has 0 bridgehead atoms. The molecule has 0 aliphatic heterocycles. The lowest BCUT2D eigenvalue weighted by atomic mass is 9.93. The van der Waals surface area contributed by atoms with Gasteiger partial charge < -0.3 is 4.90 Å². The summed E-state index contributed by atoms with van der Waals surface area (Å²) in [5.41, 5.74) is 8.61. The minimum atomic E-state index is 0.0776. The van der Waals surface area contributed by atoms with Crippen LogP contribution in [0.15, 0.2) is 78.9 Å². The number of hydrogen-bond acceptors (Lipinski definition) is 1. The highest BCUT2D eigenvalue weighted by atomic mass is 16.2. The van der Waals surface area contributed by atoms with E-state index in [1.54, 1.807) is 0 Å². The highest BCUT2D eigenvalue weighted by Crippen LogP contribution is 2.33. The van der Waals surface area contributed by atoms with E-state index in [-0.39, 0.29) is 5.91 Å². The molecule has 0 radical (unpaired) electrons. The predicted octanol–water partition coefficient (Wildman–Crippen LogP) is 5.69. The van der Waals surface area contributed by atoms with Gasteiger partial charge in [0.05, 0.1) is 0 Å². The molecule has 146 valence electrons. The third-order valence-electron chi connectivity index (χ3n) is 5.70. The second kappa shape index (κ2) is 8.48. The van der Waals surface area contributed by atoms with Crippen LogP contribution in [0.2, 0.25) is 0 Å². The molecule has 0 fully saturated rings. The van der Waals surface area contributed by atoms with Gasteiger partial charge in [-0.15, -0.1) is 0 Å². The average Bonchev–Trinajstić information content (AvgIpc) is 2.90. The minimum Gasteiger partial charge on any atom is -0.341 e. The van der Waals surface area contributed by atoms with E-state index in [1.165, 1.54) is 27.8 Å². The average molecular weight is 382 g/mol. The summed E-state index contributed by atoms with van der Waals surface area (Å²) in [7, 11) is 1.89. The van der Waals surface area contributed by atoms with Crippen molar-refractivity contribution >= 4 is 11.5 Å². The third-order valence-corrected chi connectivity index (χ3v) is 5.70. The van der Waals surface area contributed by atoms with E-state index in [1.807, 2.05) is 43.1 Å². The molecular weight excluding hydrogens is 354 g/mol. The van der Waals surface area contributed by atoms with Crippen LogP contribution < -0.4 is 0 Å². The van der Waals surface area contributed by atoms with Gasteiger partial charge in [0.1, 0.15) is 0 Å². The number of rotatable bonds is 4. The number of fused-ring (bicyclic) bond motifs is 2. The standard InChI is InChI=1S/C27H27NO/c1-20-9-7-12-23(19-20)27(29)28(2)18-8-15-26-24-13-5-3-10-21(24)16-17-22-11-4-6-14-25(22)26/h3-7,9-15,19H,8,16-18H2,1-2H3. The Hall–Kier alpha value is -3.13. The lowest BCUT2D eigenvalue weighted by molar-refractivity contribution is 0.0797. The van der Waals surface area contributed by atoms with Crippen molar-refractivity contribution in [3.05, 3.63) is 112 Å². The Bertz CT molecular complexity index is 1010. The quantitative estimate of drug-likeness (QED) is 0.569. The lowest BCUT2D eigenvalue weighted by Gasteiger charge is -2.17. The number of aryl methyl sites for hydroxylation is 3. The maximum Gasteiger partial charge on any atom is 0.253 e. The van der Waals surface area contributed by atoms with Crippen LogP contribution in [0, 0.1) is 6.92 Å². The summed E-state index contributed by atoms with van der Waals surface area (Å²) in [6, 6.07) is 25.2. The van der Waals surface area contributed by atoms with Crippen molar-refractivity contribution < 1.29 is 4.79 Å². The molecule has 1 aliphatic carbocycles. The van der Waals surface area contributed by atoms with Crippen LogP contribution in [-0.2, 0) is 12.8 Å². The van der Waals surface area contributed by atoms with Crippen molar-refractivity contribution in [2.75, 3.05) is 13.6 Å². The van der Waals surface area contributed by atoms with Gasteiger partial charge in [-0.2, -0.15) is 0 Å². The monoisotopic (exact) mass is 381 g/mol. The van der Waals surface area contributed by atoms with Crippen molar-refractivity contribution in [1.82, 2.24) is 4.90 Å². The highest BCUT2D eigenvalue weighted by Gasteiger charge is 2.17. The fraction of sp³-hybridized carbons (Fsp3) is 0.222. The Morgan fingerprint density at radius 3 is 2.14 bits per heavy atom. The normalized spacial score (nSPS) is 12.6. The zero-order valence-corrected chi connectivity index (χ0v) is 17.2. The lowest BCUT2D eigenvalue weighted by Crippen LogP contribution is -2.27. The Kier molecular flexibility index (Phi) is 5.62. The van der Waals surface area contributed by atoms with E-state index in [0.29, 0.717) is 6.54 Å². The number of amides is 1. The second-order valence-electron chi connectivity index (χ2n) is 7.82. The minimum absolute atomic E-state index is 0.0776. The topological polar surface area (TPSA) is 20.3 Å². The molecule has 0 saturated heterocycles. The van der Waals surface area contributed by atoms with Crippen molar-refractivity contribution in [1.29, 1.82) is 0 Å². The van der Waals surface area contributed by atoms with E-state index in [2.05, 4.69) is 54.6 Å². The maximum absolute atomic E-state index is 12.7. The Morgan fingerprint density at radius 1 is 0.897 bits per heavy atom. The van der Waals surface area contributed by atoms with Crippen LogP contribution in [0.5, 0.6) is 0 Å². The van der Waals surface area contributed by atoms with E-state index in [4.69, 9.17) is 0 Å². The van der Waals surface area contributed by atoms with Crippen LogP contribution in [0.25, 0.3) is 5.57 Å². The first-order chi connectivity index (χ1) is 14.1. The Balaban J connectivity index is 1.57.